The normalized spacial score (nSPS) is 26.2. The van der Waals surface area contributed by atoms with Crippen LogP contribution in [0.2, 0.25) is 0 Å². The molecule has 1 aliphatic rings. The fourth-order valence-electron chi connectivity index (χ4n) is 2.88. The number of hydrogen-bond donors (Lipinski definition) is 1. The number of amides is 1. The first-order chi connectivity index (χ1) is 9.47. The van der Waals surface area contributed by atoms with E-state index in [9.17, 15) is 14.9 Å². The zero-order valence-electron chi connectivity index (χ0n) is 11.8. The predicted octanol–water partition coefficient (Wildman–Crippen LogP) is 1.73. The molecule has 110 valence electrons. The minimum absolute atomic E-state index is 0.0176. The van der Waals surface area contributed by atoms with E-state index in [4.69, 9.17) is 0 Å². The Hall–Kier alpha value is -1.92. The van der Waals surface area contributed by atoms with Crippen molar-refractivity contribution in [1.29, 1.82) is 0 Å². The van der Waals surface area contributed by atoms with E-state index in [0.717, 1.165) is 19.0 Å². The number of nitrogens with one attached hydrogen (secondary N) is 1. The first kappa shape index (κ1) is 14.5. The van der Waals surface area contributed by atoms with Gasteiger partial charge in [0.05, 0.1) is 4.92 Å². The van der Waals surface area contributed by atoms with Crippen molar-refractivity contribution < 1.29 is 9.72 Å². The Bertz CT molecular complexity index is 490. The zero-order valence-corrected chi connectivity index (χ0v) is 11.8. The molecule has 1 aromatic rings. The highest BCUT2D eigenvalue weighted by molar-refractivity contribution is 5.76. The average molecular weight is 280 g/mol. The van der Waals surface area contributed by atoms with Crippen LogP contribution in [-0.4, -0.2) is 26.7 Å². The van der Waals surface area contributed by atoms with E-state index in [2.05, 4.69) is 24.3 Å². The SMILES string of the molecule is C[C@@H]1CCC[C@H](C)C1NC(=O)Cn1cc([N+](=O)[O-])cn1. The molecule has 2 rings (SSSR count). The maximum absolute atomic E-state index is 12.0. The summed E-state index contributed by atoms with van der Waals surface area (Å²) in [6.45, 7) is 4.32. The molecule has 0 aliphatic heterocycles. The maximum atomic E-state index is 12.0. The van der Waals surface area contributed by atoms with E-state index in [1.807, 2.05) is 0 Å². The summed E-state index contributed by atoms with van der Waals surface area (Å²) in [7, 11) is 0. The smallest absolute Gasteiger partial charge is 0.307 e. The van der Waals surface area contributed by atoms with Gasteiger partial charge in [-0.2, -0.15) is 5.10 Å². The lowest BCUT2D eigenvalue weighted by molar-refractivity contribution is -0.385. The fourth-order valence-corrected chi connectivity index (χ4v) is 2.88. The average Bonchev–Trinajstić information content (AvgIpc) is 2.82. The molecule has 20 heavy (non-hydrogen) atoms. The van der Waals surface area contributed by atoms with Crippen LogP contribution in [0.3, 0.4) is 0 Å². The standard InChI is InChI=1S/C13H20N4O3/c1-9-4-3-5-10(2)13(9)15-12(18)8-16-7-11(6-14-16)17(19)20/h6-7,9-10,13H,3-5,8H2,1-2H3,(H,15,18)/t9-,10+,13?. The Morgan fingerprint density at radius 2 is 2.15 bits per heavy atom. The third kappa shape index (κ3) is 3.34. The molecule has 1 saturated carbocycles. The van der Waals surface area contributed by atoms with Crippen molar-refractivity contribution in [3.8, 4) is 0 Å². The molecule has 1 heterocycles. The Morgan fingerprint density at radius 1 is 1.50 bits per heavy atom. The molecule has 0 radical (unpaired) electrons. The molecular formula is C13H20N4O3. The van der Waals surface area contributed by atoms with Crippen LogP contribution < -0.4 is 5.32 Å². The van der Waals surface area contributed by atoms with Crippen LogP contribution in [0.15, 0.2) is 12.4 Å². The van der Waals surface area contributed by atoms with Crippen LogP contribution in [0.5, 0.6) is 0 Å². The van der Waals surface area contributed by atoms with Gasteiger partial charge in [-0.25, -0.2) is 0 Å². The number of hydrogen-bond acceptors (Lipinski definition) is 4. The molecule has 0 aromatic carbocycles. The summed E-state index contributed by atoms with van der Waals surface area (Å²) >= 11 is 0. The number of carbonyl (C=O) groups excluding carboxylic acids is 1. The largest absolute Gasteiger partial charge is 0.351 e. The Kier molecular flexibility index (Phi) is 4.36. The molecule has 0 spiro atoms. The van der Waals surface area contributed by atoms with Crippen LogP contribution in [0.25, 0.3) is 0 Å². The molecule has 3 atom stereocenters. The van der Waals surface area contributed by atoms with Crippen molar-refractivity contribution >= 4 is 11.6 Å². The summed E-state index contributed by atoms with van der Waals surface area (Å²) in [5.41, 5.74) is -0.0998. The molecule has 1 aromatic heterocycles. The van der Waals surface area contributed by atoms with Crippen LogP contribution in [0.1, 0.15) is 33.1 Å². The zero-order chi connectivity index (χ0) is 14.7. The highest BCUT2D eigenvalue weighted by atomic mass is 16.6. The Morgan fingerprint density at radius 3 is 2.70 bits per heavy atom. The lowest BCUT2D eigenvalue weighted by Gasteiger charge is -2.35. The van der Waals surface area contributed by atoms with Crippen LogP contribution in [0, 0.1) is 22.0 Å². The minimum Gasteiger partial charge on any atom is -0.351 e. The minimum atomic E-state index is -0.521. The number of carbonyl (C=O) groups is 1. The van der Waals surface area contributed by atoms with Gasteiger partial charge in [-0.3, -0.25) is 19.6 Å². The van der Waals surface area contributed by atoms with Gasteiger partial charge in [-0.15, -0.1) is 0 Å². The van der Waals surface area contributed by atoms with Crippen molar-refractivity contribution in [2.75, 3.05) is 0 Å². The second-order valence-electron chi connectivity index (χ2n) is 5.63. The lowest BCUT2D eigenvalue weighted by Crippen LogP contribution is -2.46. The highest BCUT2D eigenvalue weighted by Crippen LogP contribution is 2.28. The van der Waals surface area contributed by atoms with E-state index in [-0.39, 0.29) is 24.2 Å². The number of nitro groups is 1. The van der Waals surface area contributed by atoms with Gasteiger partial charge in [0.1, 0.15) is 18.9 Å². The summed E-state index contributed by atoms with van der Waals surface area (Å²) in [4.78, 5) is 22.0. The fraction of sp³-hybridized carbons (Fsp3) is 0.692. The van der Waals surface area contributed by atoms with Gasteiger partial charge in [-0.1, -0.05) is 20.3 Å². The van der Waals surface area contributed by atoms with E-state index in [1.54, 1.807) is 0 Å². The summed E-state index contributed by atoms with van der Waals surface area (Å²) in [6, 6.07) is 0.182. The Balaban J connectivity index is 1.92. The predicted molar refractivity (Wildman–Crippen MR) is 73.0 cm³/mol. The van der Waals surface area contributed by atoms with Crippen molar-refractivity contribution in [3.63, 3.8) is 0 Å². The van der Waals surface area contributed by atoms with Gasteiger partial charge in [0, 0.05) is 6.04 Å². The van der Waals surface area contributed by atoms with Gasteiger partial charge in [0.15, 0.2) is 0 Å². The van der Waals surface area contributed by atoms with Crippen LogP contribution >= 0.6 is 0 Å². The summed E-state index contributed by atoms with van der Waals surface area (Å²) in [5, 5.41) is 17.4. The highest BCUT2D eigenvalue weighted by Gasteiger charge is 2.28. The third-order valence-electron chi connectivity index (χ3n) is 4.01. The lowest BCUT2D eigenvalue weighted by atomic mass is 9.79. The molecule has 1 unspecified atom stereocenters. The molecule has 1 N–H and O–H groups in total. The maximum Gasteiger partial charge on any atom is 0.307 e. The summed E-state index contributed by atoms with van der Waals surface area (Å²) < 4.78 is 1.30. The van der Waals surface area contributed by atoms with Crippen LogP contribution in [0.4, 0.5) is 5.69 Å². The van der Waals surface area contributed by atoms with E-state index < -0.39 is 4.92 Å². The molecule has 1 aliphatic carbocycles. The van der Waals surface area contributed by atoms with Crippen molar-refractivity contribution in [1.82, 2.24) is 15.1 Å². The van der Waals surface area contributed by atoms with Gasteiger partial charge >= 0.3 is 5.69 Å². The molecule has 7 nitrogen and oxygen atoms in total. The first-order valence-corrected chi connectivity index (χ1v) is 6.93. The van der Waals surface area contributed by atoms with Gasteiger partial charge in [0.25, 0.3) is 0 Å². The van der Waals surface area contributed by atoms with E-state index >= 15 is 0 Å². The van der Waals surface area contributed by atoms with E-state index in [1.165, 1.54) is 17.3 Å². The molecule has 0 saturated heterocycles. The second-order valence-corrected chi connectivity index (χ2v) is 5.63. The monoisotopic (exact) mass is 280 g/mol. The number of nitrogens with zero attached hydrogens (tertiary/aromatic N) is 3. The molecule has 1 fully saturated rings. The van der Waals surface area contributed by atoms with Crippen molar-refractivity contribution in [3.05, 3.63) is 22.5 Å². The third-order valence-corrected chi connectivity index (χ3v) is 4.01. The van der Waals surface area contributed by atoms with Crippen molar-refractivity contribution in [2.24, 2.45) is 11.8 Å². The van der Waals surface area contributed by atoms with E-state index in [0.29, 0.717) is 11.8 Å². The Labute approximate surface area is 117 Å². The summed E-state index contributed by atoms with van der Waals surface area (Å²) in [5.74, 6) is 0.790. The second kappa shape index (κ2) is 6.02. The quantitative estimate of drug-likeness (QED) is 0.671. The molecule has 7 heteroatoms. The van der Waals surface area contributed by atoms with Crippen molar-refractivity contribution in [2.45, 2.75) is 45.7 Å². The molecule has 0 bridgehead atoms. The van der Waals surface area contributed by atoms with Gasteiger partial charge in [0.2, 0.25) is 5.91 Å². The van der Waals surface area contributed by atoms with Gasteiger partial charge in [-0.05, 0) is 24.7 Å². The molecule has 1 amide bonds. The summed E-state index contributed by atoms with van der Waals surface area (Å²) in [6.07, 6.45) is 5.89. The topological polar surface area (TPSA) is 90.1 Å². The first-order valence-electron chi connectivity index (χ1n) is 6.93. The van der Waals surface area contributed by atoms with Crippen LogP contribution in [-0.2, 0) is 11.3 Å². The number of aromatic nitrogens is 2. The molecular weight excluding hydrogens is 260 g/mol. The number of rotatable bonds is 4. The van der Waals surface area contributed by atoms with Gasteiger partial charge < -0.3 is 5.32 Å².